The van der Waals surface area contributed by atoms with E-state index in [1.165, 1.54) is 20.8 Å². The topological polar surface area (TPSA) is 135 Å². The van der Waals surface area contributed by atoms with Crippen molar-refractivity contribution in [2.24, 2.45) is 17.3 Å². The molecule has 0 aromatic carbocycles. The van der Waals surface area contributed by atoms with E-state index in [1.54, 1.807) is 13.8 Å². The number of aliphatic hydroxyl groups is 1. The molecule has 204 valence electrons. The molecule has 1 aliphatic carbocycles. The molecule has 4 aliphatic rings. The predicted molar refractivity (Wildman–Crippen MR) is 128 cm³/mol. The van der Waals surface area contributed by atoms with E-state index in [-0.39, 0.29) is 12.0 Å². The molecule has 0 unspecified atom stereocenters. The molecule has 3 heterocycles. The van der Waals surface area contributed by atoms with Crippen LogP contribution in [0, 0.1) is 17.3 Å². The maximum absolute atomic E-state index is 13.0. The normalized spacial score (nSPS) is 44.9. The maximum atomic E-state index is 13.0. The van der Waals surface area contributed by atoms with Crippen molar-refractivity contribution in [3.63, 3.8) is 0 Å². The van der Waals surface area contributed by atoms with Crippen LogP contribution in [-0.2, 0) is 42.9 Å². The molecule has 1 N–H and O–H groups in total. The van der Waals surface area contributed by atoms with Gasteiger partial charge in [-0.2, -0.15) is 0 Å². The lowest BCUT2D eigenvalue weighted by Gasteiger charge is -2.62. The van der Waals surface area contributed by atoms with E-state index in [4.69, 9.17) is 35.3 Å². The van der Waals surface area contributed by atoms with Gasteiger partial charge in [0.2, 0.25) is 0 Å². The minimum atomic E-state index is -2.21. The molecule has 0 radical (unpaired) electrons. The molecule has 1 saturated carbocycles. The average molecular weight is 541 g/mol. The van der Waals surface area contributed by atoms with Crippen molar-refractivity contribution in [2.75, 3.05) is 0 Å². The van der Waals surface area contributed by atoms with Gasteiger partial charge < -0.3 is 28.8 Å². The third-order valence-electron chi connectivity index (χ3n) is 8.51. The number of carbonyl (C=O) groups excluding carboxylic acids is 4. The van der Waals surface area contributed by atoms with Crippen LogP contribution >= 0.6 is 11.6 Å². The van der Waals surface area contributed by atoms with Gasteiger partial charge in [-0.3, -0.25) is 19.2 Å². The first-order chi connectivity index (χ1) is 17.1. The summed E-state index contributed by atoms with van der Waals surface area (Å²) in [7, 11) is 0. The lowest BCUT2D eigenvalue weighted by atomic mass is 9.53. The molecule has 0 amide bonds. The summed E-state index contributed by atoms with van der Waals surface area (Å²) in [6, 6.07) is 0. The fraction of sp³-hybridized carbons (Fsp3) is 0.692. The quantitative estimate of drug-likeness (QED) is 0.246. The molecule has 3 saturated heterocycles. The summed E-state index contributed by atoms with van der Waals surface area (Å²) < 4.78 is 29.5. The van der Waals surface area contributed by atoms with Gasteiger partial charge in [0.1, 0.15) is 18.3 Å². The van der Waals surface area contributed by atoms with Gasteiger partial charge in [0.15, 0.2) is 17.5 Å². The van der Waals surface area contributed by atoms with Crippen LogP contribution in [0.15, 0.2) is 24.3 Å². The smallest absolute Gasteiger partial charge is 0.312 e. The second-order valence-corrected chi connectivity index (χ2v) is 11.2. The van der Waals surface area contributed by atoms with Crippen LogP contribution < -0.4 is 0 Å². The van der Waals surface area contributed by atoms with Crippen molar-refractivity contribution in [2.45, 2.75) is 95.1 Å². The number of hydrogen-bond acceptors (Lipinski definition) is 10. The Balaban J connectivity index is 2.06. The molecule has 37 heavy (non-hydrogen) atoms. The van der Waals surface area contributed by atoms with E-state index in [9.17, 15) is 24.3 Å². The zero-order valence-corrected chi connectivity index (χ0v) is 22.3. The Labute approximate surface area is 220 Å². The number of halogens is 1. The summed E-state index contributed by atoms with van der Waals surface area (Å²) in [5.41, 5.74) is -2.42. The Morgan fingerprint density at radius 2 is 1.62 bits per heavy atom. The fourth-order valence-corrected chi connectivity index (χ4v) is 7.20. The first-order valence-corrected chi connectivity index (χ1v) is 12.7. The van der Waals surface area contributed by atoms with E-state index in [0.29, 0.717) is 18.4 Å². The average Bonchev–Trinajstić information content (AvgIpc) is 3.03. The van der Waals surface area contributed by atoms with E-state index < -0.39 is 82.3 Å². The van der Waals surface area contributed by atoms with Crippen molar-refractivity contribution in [3.8, 4) is 0 Å². The molecule has 10 atom stereocenters. The van der Waals surface area contributed by atoms with E-state index in [2.05, 4.69) is 13.2 Å². The van der Waals surface area contributed by atoms with Gasteiger partial charge >= 0.3 is 23.9 Å². The van der Waals surface area contributed by atoms with Gasteiger partial charge in [-0.1, -0.05) is 25.7 Å². The minimum Gasteiger partial charge on any atom is -0.462 e. The molecule has 11 heteroatoms. The van der Waals surface area contributed by atoms with Crippen molar-refractivity contribution in [3.05, 3.63) is 24.3 Å². The van der Waals surface area contributed by atoms with Crippen molar-refractivity contribution < 1.29 is 48.0 Å². The number of hydrogen-bond donors (Lipinski definition) is 1. The van der Waals surface area contributed by atoms with Gasteiger partial charge in [-0.05, 0) is 19.8 Å². The molecule has 4 fully saturated rings. The largest absolute Gasteiger partial charge is 0.462 e. The number of fused-ring (bicyclic) bond motifs is 2. The standard InChI is InChI=1S/C26H33ClO10/c1-11-8-9-17(33-14(4)28)24(7)18(34-15(5)29)10-25(32)12(2)20(27)22-26(37-25,13(3)23(31)36-22)21(19(11)24)35-16(6)30/h13,17-22,32H,1-2,8-10H2,3-7H3/t13-,17-,18+,19+,20-,21+,22-,24+,25-,26+/m0/s1. The van der Waals surface area contributed by atoms with Crippen molar-refractivity contribution in [1.82, 2.24) is 0 Å². The summed E-state index contributed by atoms with van der Waals surface area (Å²) in [4.78, 5) is 50.0. The Morgan fingerprint density at radius 1 is 1.05 bits per heavy atom. The van der Waals surface area contributed by atoms with Crippen LogP contribution in [0.1, 0.15) is 53.9 Å². The Morgan fingerprint density at radius 3 is 2.19 bits per heavy atom. The van der Waals surface area contributed by atoms with Crippen LogP contribution in [-0.4, -0.2) is 70.2 Å². The van der Waals surface area contributed by atoms with Crippen LogP contribution in [0.3, 0.4) is 0 Å². The number of rotatable bonds is 3. The van der Waals surface area contributed by atoms with E-state index in [0.717, 1.165) is 0 Å². The second kappa shape index (κ2) is 9.10. The Bertz CT molecular complexity index is 1070. The molecule has 0 aromatic heterocycles. The zero-order valence-electron chi connectivity index (χ0n) is 21.6. The summed E-state index contributed by atoms with van der Waals surface area (Å²) in [5, 5.41) is 10.8. The zero-order chi connectivity index (χ0) is 27.7. The summed E-state index contributed by atoms with van der Waals surface area (Å²) in [6.45, 7) is 15.1. The van der Waals surface area contributed by atoms with E-state index >= 15 is 0 Å². The SMILES string of the molecule is C=C1CC[C@H](OC(C)=O)[C@@]2(C)[C@H]1[C@@H](OC(C)=O)[C@@]13O[C@@](O)(C[C@H]2OC(C)=O)C(=C)[C@H](Cl)[C@@H]1OC(=O)[C@@H]3C. The summed E-state index contributed by atoms with van der Waals surface area (Å²) in [6.07, 6.45) is -4.01. The van der Waals surface area contributed by atoms with Crippen LogP contribution in [0.2, 0.25) is 0 Å². The Kier molecular flexibility index (Phi) is 6.79. The second-order valence-electron chi connectivity index (χ2n) is 10.7. The van der Waals surface area contributed by atoms with Gasteiger partial charge in [0.05, 0.1) is 16.7 Å². The molecular weight excluding hydrogens is 508 g/mol. The molecule has 0 aromatic rings. The van der Waals surface area contributed by atoms with Crippen LogP contribution in [0.5, 0.6) is 0 Å². The van der Waals surface area contributed by atoms with Gasteiger partial charge in [0.25, 0.3) is 0 Å². The first kappa shape index (κ1) is 27.6. The molecule has 3 aliphatic heterocycles. The number of carbonyl (C=O) groups is 4. The minimum absolute atomic E-state index is 0.00357. The number of ether oxygens (including phenoxy) is 5. The summed E-state index contributed by atoms with van der Waals surface area (Å²) in [5.74, 6) is -6.65. The maximum Gasteiger partial charge on any atom is 0.312 e. The molecule has 4 rings (SSSR count). The number of alkyl halides is 1. The van der Waals surface area contributed by atoms with Gasteiger partial charge in [0, 0.05) is 38.7 Å². The Hall–Kier alpha value is -2.43. The van der Waals surface area contributed by atoms with Crippen LogP contribution in [0.4, 0.5) is 0 Å². The fourth-order valence-electron chi connectivity index (χ4n) is 6.78. The monoisotopic (exact) mass is 540 g/mol. The van der Waals surface area contributed by atoms with Crippen molar-refractivity contribution in [1.29, 1.82) is 0 Å². The van der Waals surface area contributed by atoms with Gasteiger partial charge in [-0.15, -0.1) is 11.6 Å². The summed E-state index contributed by atoms with van der Waals surface area (Å²) >= 11 is 6.75. The lowest BCUT2D eigenvalue weighted by Crippen LogP contribution is -2.75. The molecule has 10 nitrogen and oxygen atoms in total. The van der Waals surface area contributed by atoms with Crippen molar-refractivity contribution >= 4 is 35.5 Å². The third kappa shape index (κ3) is 3.99. The van der Waals surface area contributed by atoms with Crippen LogP contribution in [0.25, 0.3) is 0 Å². The predicted octanol–water partition coefficient (Wildman–Crippen LogP) is 2.34. The highest BCUT2D eigenvalue weighted by Gasteiger charge is 2.76. The first-order valence-electron chi connectivity index (χ1n) is 12.2. The van der Waals surface area contributed by atoms with Gasteiger partial charge in [-0.25, -0.2) is 0 Å². The molecular formula is C26H33ClO10. The lowest BCUT2D eigenvalue weighted by molar-refractivity contribution is -0.344. The highest BCUT2D eigenvalue weighted by Crippen LogP contribution is 2.62. The number of esters is 4. The molecule has 1 spiro atoms. The highest BCUT2D eigenvalue weighted by atomic mass is 35.5. The van der Waals surface area contributed by atoms with E-state index in [1.807, 2.05) is 0 Å². The molecule has 2 bridgehead atoms. The third-order valence-corrected chi connectivity index (χ3v) is 9.00. The highest BCUT2D eigenvalue weighted by molar-refractivity contribution is 6.23.